The average molecular weight is 275 g/mol. The molecule has 5 heterocycles. The molecule has 3 N–H and O–H groups in total. The van der Waals surface area contributed by atoms with Gasteiger partial charge in [0.25, 0.3) is 0 Å². The molecule has 8 nitrogen and oxygen atoms in total. The van der Waals surface area contributed by atoms with Crippen molar-refractivity contribution in [3.63, 3.8) is 0 Å². The molecule has 2 aromatic rings. The summed E-state index contributed by atoms with van der Waals surface area (Å²) in [6.45, 7) is 1.68. The lowest BCUT2D eigenvalue weighted by atomic mass is 9.99. The minimum absolute atomic E-state index is 0.282. The van der Waals surface area contributed by atoms with E-state index >= 15 is 0 Å². The molecule has 2 aromatic heterocycles. The number of aromatic nitrogens is 3. The van der Waals surface area contributed by atoms with Gasteiger partial charge in [0.05, 0.1) is 23.1 Å². The van der Waals surface area contributed by atoms with Gasteiger partial charge in [-0.1, -0.05) is 0 Å². The number of H-pyrrole nitrogens is 1. The number of nitrogens with one attached hydrogen (secondary N) is 2. The molecule has 8 heteroatoms. The van der Waals surface area contributed by atoms with E-state index in [0.29, 0.717) is 12.2 Å². The summed E-state index contributed by atoms with van der Waals surface area (Å²) in [4.78, 5) is 16.9. The van der Waals surface area contributed by atoms with E-state index in [-0.39, 0.29) is 5.82 Å². The predicted molar refractivity (Wildman–Crippen MR) is 71.0 cm³/mol. The highest BCUT2D eigenvalue weighted by Crippen LogP contribution is 2.33. The topological polar surface area (TPSA) is 103 Å². The second-order valence-electron chi connectivity index (χ2n) is 5.11. The summed E-state index contributed by atoms with van der Waals surface area (Å²) >= 11 is 0. The molecular weight excluding hydrogens is 262 g/mol. The van der Waals surface area contributed by atoms with Gasteiger partial charge in [-0.05, 0) is 0 Å². The lowest BCUT2D eigenvalue weighted by molar-refractivity contribution is -0.133. The Morgan fingerprint density at radius 1 is 1.50 bits per heavy atom. The van der Waals surface area contributed by atoms with Crippen molar-refractivity contribution in [3.05, 3.63) is 12.3 Å². The Balaban J connectivity index is 1.65. The molecule has 20 heavy (non-hydrogen) atoms. The zero-order valence-electron chi connectivity index (χ0n) is 10.5. The monoisotopic (exact) mass is 275 g/mol. The smallest absolute Gasteiger partial charge is 0.410 e. The molecule has 0 aliphatic carbocycles. The number of anilines is 2. The van der Waals surface area contributed by atoms with E-state index in [9.17, 15) is 4.79 Å². The van der Waals surface area contributed by atoms with E-state index in [1.807, 2.05) is 0 Å². The fourth-order valence-electron chi connectivity index (χ4n) is 2.85. The van der Waals surface area contributed by atoms with Gasteiger partial charge in [0.1, 0.15) is 5.82 Å². The van der Waals surface area contributed by atoms with Crippen LogP contribution in [0.4, 0.5) is 16.4 Å². The number of fused-ring (bicyclic) bond motifs is 3. The number of ether oxygens (including phenoxy) is 1. The highest BCUT2D eigenvalue weighted by Gasteiger charge is 2.39. The van der Waals surface area contributed by atoms with E-state index < -0.39 is 6.09 Å². The van der Waals surface area contributed by atoms with Crippen LogP contribution in [0.15, 0.2) is 12.3 Å². The van der Waals surface area contributed by atoms with Crippen LogP contribution >= 0.6 is 0 Å². The first kappa shape index (κ1) is 11.5. The van der Waals surface area contributed by atoms with Crippen molar-refractivity contribution in [3.8, 4) is 0 Å². The Morgan fingerprint density at radius 3 is 2.95 bits per heavy atom. The van der Waals surface area contributed by atoms with E-state index in [4.69, 9.17) is 9.84 Å². The first-order valence-corrected chi connectivity index (χ1v) is 6.43. The molecule has 1 amide bonds. The van der Waals surface area contributed by atoms with Crippen LogP contribution in [0.25, 0.3) is 10.9 Å². The number of rotatable bonds is 2. The Kier molecular flexibility index (Phi) is 2.34. The van der Waals surface area contributed by atoms with Gasteiger partial charge in [0, 0.05) is 31.8 Å². The van der Waals surface area contributed by atoms with Crippen LogP contribution < -0.4 is 10.2 Å². The molecule has 0 saturated carbocycles. The first-order valence-electron chi connectivity index (χ1n) is 6.43. The van der Waals surface area contributed by atoms with Gasteiger partial charge < -0.3 is 14.7 Å². The molecule has 5 rings (SSSR count). The molecule has 3 aliphatic rings. The maximum absolute atomic E-state index is 10.6. The Hall–Kier alpha value is -2.35. The van der Waals surface area contributed by atoms with Crippen LogP contribution in [0.3, 0.4) is 0 Å². The summed E-state index contributed by atoms with van der Waals surface area (Å²) in [5, 5.41) is 19.0. The van der Waals surface area contributed by atoms with Crippen LogP contribution in [-0.2, 0) is 4.74 Å². The summed E-state index contributed by atoms with van der Waals surface area (Å²) in [7, 11) is 0. The molecule has 2 bridgehead atoms. The number of carbonyl (C=O) groups is 1. The Labute approximate surface area is 113 Å². The van der Waals surface area contributed by atoms with Crippen molar-refractivity contribution in [1.29, 1.82) is 0 Å². The normalized spacial score (nSPS) is 24.5. The maximum Gasteiger partial charge on any atom is 0.410 e. The fourth-order valence-corrected chi connectivity index (χ4v) is 2.85. The van der Waals surface area contributed by atoms with E-state index in [1.165, 1.54) is 0 Å². The number of hydrogen-bond donors (Lipinski definition) is 3. The molecule has 0 radical (unpaired) electrons. The van der Waals surface area contributed by atoms with E-state index in [2.05, 4.69) is 25.4 Å². The lowest BCUT2D eigenvalue weighted by Crippen LogP contribution is -2.57. The SMILES string of the molecule is O=C(O)Nc1cc2[nH]nc(N3CC4CC(C3)O4)c2cn1. The highest BCUT2D eigenvalue weighted by atomic mass is 16.5. The van der Waals surface area contributed by atoms with Crippen molar-refractivity contribution in [2.24, 2.45) is 0 Å². The number of amides is 1. The second kappa shape index (κ2) is 4.07. The van der Waals surface area contributed by atoms with Gasteiger partial charge in [-0.3, -0.25) is 10.4 Å². The number of aromatic amines is 1. The third-order valence-corrected chi connectivity index (χ3v) is 3.72. The van der Waals surface area contributed by atoms with Crippen molar-refractivity contribution in [2.75, 3.05) is 23.3 Å². The number of morpholine rings is 1. The van der Waals surface area contributed by atoms with Gasteiger partial charge in [-0.25, -0.2) is 9.78 Å². The van der Waals surface area contributed by atoms with E-state index in [0.717, 1.165) is 36.2 Å². The van der Waals surface area contributed by atoms with Crippen molar-refractivity contribution < 1.29 is 14.6 Å². The van der Waals surface area contributed by atoms with Crippen molar-refractivity contribution in [2.45, 2.75) is 18.6 Å². The van der Waals surface area contributed by atoms with E-state index in [1.54, 1.807) is 12.3 Å². The summed E-state index contributed by atoms with van der Waals surface area (Å²) < 4.78 is 5.61. The maximum atomic E-state index is 10.6. The Bertz CT molecular complexity index is 669. The molecule has 2 unspecified atom stereocenters. The van der Waals surface area contributed by atoms with Crippen LogP contribution in [0.1, 0.15) is 6.42 Å². The fraction of sp³-hybridized carbons (Fsp3) is 0.417. The summed E-state index contributed by atoms with van der Waals surface area (Å²) in [6, 6.07) is 1.64. The van der Waals surface area contributed by atoms with Crippen molar-refractivity contribution in [1.82, 2.24) is 15.2 Å². The number of piperidine rings is 1. The van der Waals surface area contributed by atoms with Gasteiger partial charge in [-0.2, -0.15) is 5.10 Å². The number of carboxylic acid groups (broad SMARTS) is 1. The lowest BCUT2D eigenvalue weighted by Gasteiger charge is -2.47. The molecule has 0 aromatic carbocycles. The minimum atomic E-state index is -1.13. The highest BCUT2D eigenvalue weighted by molar-refractivity contribution is 5.92. The summed E-state index contributed by atoms with van der Waals surface area (Å²) in [5.41, 5.74) is 0.763. The second-order valence-corrected chi connectivity index (χ2v) is 5.11. The zero-order chi connectivity index (χ0) is 13.7. The van der Waals surface area contributed by atoms with Crippen LogP contribution in [0, 0.1) is 0 Å². The summed E-state index contributed by atoms with van der Waals surface area (Å²) in [6.07, 6.45) is 2.25. The largest absolute Gasteiger partial charge is 0.465 e. The van der Waals surface area contributed by atoms with Gasteiger partial charge >= 0.3 is 6.09 Å². The van der Waals surface area contributed by atoms with Gasteiger partial charge in [0.2, 0.25) is 0 Å². The molecule has 3 fully saturated rings. The molecular formula is C12H13N5O3. The average Bonchev–Trinajstić information content (AvgIpc) is 2.80. The third-order valence-electron chi connectivity index (χ3n) is 3.72. The predicted octanol–water partition coefficient (Wildman–Crippen LogP) is 1.03. The van der Waals surface area contributed by atoms with Crippen molar-refractivity contribution >= 4 is 28.6 Å². The third kappa shape index (κ3) is 1.76. The molecule has 3 aliphatic heterocycles. The molecule has 3 saturated heterocycles. The van der Waals surface area contributed by atoms with Crippen LogP contribution in [0.2, 0.25) is 0 Å². The number of pyridine rings is 1. The quantitative estimate of drug-likeness (QED) is 0.756. The summed E-state index contributed by atoms with van der Waals surface area (Å²) in [5.74, 6) is 1.14. The molecule has 104 valence electrons. The number of hydrogen-bond acceptors (Lipinski definition) is 5. The Morgan fingerprint density at radius 2 is 2.25 bits per heavy atom. The van der Waals surface area contributed by atoms with Crippen LogP contribution in [0.5, 0.6) is 0 Å². The standard InChI is InChI=1S/C12H13N5O3/c18-12(19)14-10-2-9-8(3-13-10)11(16-15-9)17-4-6-1-7(5-17)20-6/h2-3,6-7H,1,4-5H2,(H,13,14)(H,15,16)(H,18,19). The van der Waals surface area contributed by atoms with Gasteiger partial charge in [0.15, 0.2) is 5.82 Å². The number of nitrogens with zero attached hydrogens (tertiary/aromatic N) is 3. The first-order chi connectivity index (χ1) is 9.69. The molecule has 0 spiro atoms. The zero-order valence-corrected chi connectivity index (χ0v) is 10.5. The molecule has 2 atom stereocenters. The van der Waals surface area contributed by atoms with Gasteiger partial charge in [-0.15, -0.1) is 0 Å². The minimum Gasteiger partial charge on any atom is -0.465 e. The van der Waals surface area contributed by atoms with Crippen LogP contribution in [-0.4, -0.2) is 51.7 Å².